The van der Waals surface area contributed by atoms with E-state index < -0.39 is 9.84 Å². The molecule has 1 heterocycles. The van der Waals surface area contributed by atoms with Crippen LogP contribution >= 0.6 is 12.4 Å². The van der Waals surface area contributed by atoms with Crippen molar-refractivity contribution in [2.24, 2.45) is 0 Å². The van der Waals surface area contributed by atoms with Crippen molar-refractivity contribution in [2.45, 2.75) is 16.6 Å². The van der Waals surface area contributed by atoms with Gasteiger partial charge in [-0.2, -0.15) is 0 Å². The van der Waals surface area contributed by atoms with E-state index in [-0.39, 0.29) is 17.7 Å². The van der Waals surface area contributed by atoms with E-state index >= 15 is 0 Å². The zero-order valence-corrected chi connectivity index (χ0v) is 9.85. The molecule has 5 heteroatoms. The van der Waals surface area contributed by atoms with Gasteiger partial charge in [0.1, 0.15) is 0 Å². The van der Waals surface area contributed by atoms with Gasteiger partial charge in [0.05, 0.1) is 10.1 Å². The van der Waals surface area contributed by atoms with Gasteiger partial charge in [0.25, 0.3) is 0 Å². The molecule has 0 unspecified atom stereocenters. The minimum atomic E-state index is -3.10. The molecule has 1 fully saturated rings. The predicted octanol–water partition coefficient (Wildman–Crippen LogP) is 1.24. The molecule has 1 aromatic rings. The molecule has 0 amide bonds. The van der Waals surface area contributed by atoms with E-state index in [4.69, 9.17) is 0 Å². The predicted molar refractivity (Wildman–Crippen MR) is 62.2 cm³/mol. The Morgan fingerprint density at radius 1 is 1.20 bits per heavy atom. The molecule has 0 spiro atoms. The lowest BCUT2D eigenvalue weighted by Gasteiger charge is -2.09. The molecule has 0 saturated carbocycles. The summed E-state index contributed by atoms with van der Waals surface area (Å²) in [7, 11) is -3.10. The van der Waals surface area contributed by atoms with E-state index in [0.717, 1.165) is 13.0 Å². The molecule has 1 N–H and O–H groups in total. The highest BCUT2D eigenvalue weighted by Crippen LogP contribution is 2.19. The average molecular weight is 248 g/mol. The summed E-state index contributed by atoms with van der Waals surface area (Å²) in [6.07, 6.45) is 0.719. The van der Waals surface area contributed by atoms with E-state index in [9.17, 15) is 8.42 Å². The minimum absolute atomic E-state index is 0. The van der Waals surface area contributed by atoms with Crippen LogP contribution < -0.4 is 5.32 Å². The zero-order valence-electron chi connectivity index (χ0n) is 8.22. The van der Waals surface area contributed by atoms with Gasteiger partial charge in [-0.25, -0.2) is 8.42 Å². The van der Waals surface area contributed by atoms with Crippen LogP contribution in [0.4, 0.5) is 0 Å². The zero-order chi connectivity index (χ0) is 10.0. The van der Waals surface area contributed by atoms with E-state index in [1.54, 1.807) is 24.3 Å². The van der Waals surface area contributed by atoms with Crippen molar-refractivity contribution in [1.82, 2.24) is 5.32 Å². The van der Waals surface area contributed by atoms with E-state index in [2.05, 4.69) is 5.32 Å². The maximum Gasteiger partial charge on any atom is 0.182 e. The van der Waals surface area contributed by atoms with Crippen molar-refractivity contribution in [3.8, 4) is 0 Å². The molecule has 84 valence electrons. The van der Waals surface area contributed by atoms with Crippen LogP contribution in [0.25, 0.3) is 0 Å². The lowest BCUT2D eigenvalue weighted by molar-refractivity contribution is 0.583. The largest absolute Gasteiger partial charge is 0.315 e. The number of sulfone groups is 1. The first-order valence-corrected chi connectivity index (χ1v) is 6.25. The standard InChI is InChI=1S/C10H13NO2S.ClH/c12-14(13,10-6-7-11-8-10)9-4-2-1-3-5-9;/h1-5,10-11H,6-8H2;1H/t10-;/m0./s1. The Kier molecular flexibility index (Phi) is 4.13. The highest BCUT2D eigenvalue weighted by atomic mass is 35.5. The van der Waals surface area contributed by atoms with Crippen molar-refractivity contribution >= 4 is 22.2 Å². The third-order valence-electron chi connectivity index (χ3n) is 2.53. The second-order valence-electron chi connectivity index (χ2n) is 3.47. The summed E-state index contributed by atoms with van der Waals surface area (Å²) in [6.45, 7) is 1.38. The summed E-state index contributed by atoms with van der Waals surface area (Å²) in [5, 5.41) is 2.82. The highest BCUT2D eigenvalue weighted by Gasteiger charge is 2.29. The molecule has 0 bridgehead atoms. The van der Waals surface area contributed by atoms with Gasteiger partial charge >= 0.3 is 0 Å². The summed E-state index contributed by atoms with van der Waals surface area (Å²) in [6, 6.07) is 8.66. The quantitative estimate of drug-likeness (QED) is 0.856. The molecular weight excluding hydrogens is 234 g/mol. The third kappa shape index (κ3) is 2.51. The Hall–Kier alpha value is -0.580. The first-order chi connectivity index (χ1) is 6.71. The van der Waals surface area contributed by atoms with Gasteiger partial charge in [-0.3, -0.25) is 0 Å². The summed E-state index contributed by atoms with van der Waals surface area (Å²) in [4.78, 5) is 0.439. The second kappa shape index (κ2) is 4.96. The van der Waals surface area contributed by atoms with Gasteiger partial charge in [0.15, 0.2) is 9.84 Å². The molecule has 15 heavy (non-hydrogen) atoms. The smallest absolute Gasteiger partial charge is 0.182 e. The average Bonchev–Trinajstić information content (AvgIpc) is 2.72. The van der Waals surface area contributed by atoms with Crippen LogP contribution in [0.2, 0.25) is 0 Å². The van der Waals surface area contributed by atoms with Crippen LogP contribution in [0.1, 0.15) is 6.42 Å². The Morgan fingerprint density at radius 2 is 1.87 bits per heavy atom. The fraction of sp³-hybridized carbons (Fsp3) is 0.400. The van der Waals surface area contributed by atoms with Gasteiger partial charge in [-0.05, 0) is 25.1 Å². The van der Waals surface area contributed by atoms with E-state index in [1.165, 1.54) is 0 Å². The summed E-state index contributed by atoms with van der Waals surface area (Å²) >= 11 is 0. The number of benzene rings is 1. The monoisotopic (exact) mass is 247 g/mol. The lowest BCUT2D eigenvalue weighted by Crippen LogP contribution is -2.23. The third-order valence-corrected chi connectivity index (χ3v) is 4.73. The number of hydrogen-bond acceptors (Lipinski definition) is 3. The minimum Gasteiger partial charge on any atom is -0.315 e. The molecule has 1 aliphatic heterocycles. The molecule has 3 nitrogen and oxygen atoms in total. The van der Waals surface area contributed by atoms with Gasteiger partial charge in [-0.15, -0.1) is 12.4 Å². The molecular formula is C10H14ClNO2S. The van der Waals surface area contributed by atoms with Crippen molar-refractivity contribution < 1.29 is 8.42 Å². The van der Waals surface area contributed by atoms with Crippen molar-refractivity contribution in [2.75, 3.05) is 13.1 Å². The summed E-state index contributed by atoms with van der Waals surface area (Å²) < 4.78 is 24.0. The maximum atomic E-state index is 12.0. The van der Waals surface area contributed by atoms with Crippen molar-refractivity contribution in [1.29, 1.82) is 0 Å². The molecule has 1 saturated heterocycles. The Bertz CT molecular complexity index is 399. The first kappa shape index (κ1) is 12.5. The Morgan fingerprint density at radius 3 is 2.40 bits per heavy atom. The van der Waals surface area contributed by atoms with E-state index in [0.29, 0.717) is 11.4 Å². The van der Waals surface area contributed by atoms with Gasteiger partial charge < -0.3 is 5.32 Å². The number of hydrogen-bond donors (Lipinski definition) is 1. The molecule has 0 aliphatic carbocycles. The Labute approximate surface area is 96.2 Å². The van der Waals surface area contributed by atoms with Crippen molar-refractivity contribution in [3.05, 3.63) is 30.3 Å². The molecule has 0 radical (unpaired) electrons. The highest BCUT2D eigenvalue weighted by molar-refractivity contribution is 7.92. The van der Waals surface area contributed by atoms with Crippen LogP contribution in [-0.2, 0) is 9.84 Å². The van der Waals surface area contributed by atoms with Crippen LogP contribution in [0, 0.1) is 0 Å². The molecule has 1 aliphatic rings. The first-order valence-electron chi connectivity index (χ1n) is 4.71. The number of rotatable bonds is 2. The summed E-state index contributed by atoms with van der Waals surface area (Å²) in [5.74, 6) is 0. The number of halogens is 1. The van der Waals surface area contributed by atoms with Crippen LogP contribution in [-0.4, -0.2) is 26.8 Å². The van der Waals surface area contributed by atoms with Gasteiger partial charge in [0.2, 0.25) is 0 Å². The topological polar surface area (TPSA) is 46.2 Å². The molecule has 1 atom stereocenters. The maximum absolute atomic E-state index is 12.0. The van der Waals surface area contributed by atoms with E-state index in [1.807, 2.05) is 6.07 Å². The van der Waals surface area contributed by atoms with Crippen LogP contribution in [0.15, 0.2) is 35.2 Å². The summed E-state index contributed by atoms with van der Waals surface area (Å²) in [5.41, 5.74) is 0. The normalized spacial score (nSPS) is 20.9. The molecule has 1 aromatic carbocycles. The SMILES string of the molecule is Cl.O=S(=O)(c1ccccc1)[C@H]1CCNC1. The van der Waals surface area contributed by atoms with Crippen LogP contribution in [0.3, 0.4) is 0 Å². The lowest BCUT2D eigenvalue weighted by atomic mass is 10.4. The van der Waals surface area contributed by atoms with Gasteiger partial charge in [-0.1, -0.05) is 18.2 Å². The second-order valence-corrected chi connectivity index (χ2v) is 5.70. The van der Waals surface area contributed by atoms with Gasteiger partial charge in [0, 0.05) is 6.54 Å². The fourth-order valence-corrected chi connectivity index (χ4v) is 3.38. The molecule has 2 rings (SSSR count). The van der Waals surface area contributed by atoms with Crippen molar-refractivity contribution in [3.63, 3.8) is 0 Å². The fourth-order valence-electron chi connectivity index (χ4n) is 1.70. The number of nitrogens with one attached hydrogen (secondary N) is 1. The van der Waals surface area contributed by atoms with Crippen LogP contribution in [0.5, 0.6) is 0 Å². The Balaban J connectivity index is 0.00000112. The molecule has 0 aromatic heterocycles.